The summed E-state index contributed by atoms with van der Waals surface area (Å²) in [5.41, 5.74) is 2.36. The van der Waals surface area contributed by atoms with E-state index in [4.69, 9.17) is 0 Å². The molecule has 0 aliphatic heterocycles. The topological polar surface area (TPSA) is 28.2 Å². The highest BCUT2D eigenvalue weighted by molar-refractivity contribution is 5.12. The fourth-order valence-electron chi connectivity index (χ4n) is 1.55. The maximum Gasteiger partial charge on any atom is 0.0372 e. The van der Waals surface area contributed by atoms with Gasteiger partial charge in [-0.2, -0.15) is 0 Å². The molecule has 1 aromatic heterocycles. The number of hydrogen-bond donors (Lipinski definition) is 1. The van der Waals surface area contributed by atoms with Crippen LogP contribution in [0, 0.1) is 6.92 Å². The Bertz CT molecular complexity index is 282. The van der Waals surface area contributed by atoms with E-state index in [1.807, 2.05) is 13.1 Å². The maximum absolute atomic E-state index is 4.30. The first-order valence-corrected chi connectivity index (χ1v) is 6.03. The molecule has 1 N–H and O–H groups in total. The summed E-state index contributed by atoms with van der Waals surface area (Å²) in [5.74, 6) is 0. The first-order valence-electron chi connectivity index (χ1n) is 6.03. The number of pyridine rings is 1. The highest BCUT2D eigenvalue weighted by Crippen LogP contribution is 2.02. The SMILES string of the molecule is CCCNCCN(C)Cc1ccc(C)nc1. The van der Waals surface area contributed by atoms with Crippen LogP contribution in [0.5, 0.6) is 0 Å². The molecule has 0 aromatic carbocycles. The van der Waals surface area contributed by atoms with E-state index < -0.39 is 0 Å². The molecular weight excluding hydrogens is 198 g/mol. The van der Waals surface area contributed by atoms with E-state index in [1.54, 1.807) is 0 Å². The molecule has 3 heteroatoms. The number of likely N-dealkylation sites (N-methyl/N-ethyl adjacent to an activating group) is 1. The minimum Gasteiger partial charge on any atom is -0.315 e. The lowest BCUT2D eigenvalue weighted by atomic mass is 10.2. The van der Waals surface area contributed by atoms with Crippen molar-refractivity contribution in [3.8, 4) is 0 Å². The van der Waals surface area contributed by atoms with E-state index >= 15 is 0 Å². The van der Waals surface area contributed by atoms with Crippen LogP contribution in [0.25, 0.3) is 0 Å². The highest BCUT2D eigenvalue weighted by atomic mass is 15.1. The molecule has 0 saturated heterocycles. The van der Waals surface area contributed by atoms with Crippen LogP contribution in [0.4, 0.5) is 0 Å². The predicted molar refractivity (Wildman–Crippen MR) is 68.5 cm³/mol. The Labute approximate surface area is 98.9 Å². The minimum absolute atomic E-state index is 0.973. The molecule has 0 unspecified atom stereocenters. The average molecular weight is 221 g/mol. The van der Waals surface area contributed by atoms with Crippen LogP contribution in [0.3, 0.4) is 0 Å². The van der Waals surface area contributed by atoms with E-state index in [0.29, 0.717) is 0 Å². The Hall–Kier alpha value is -0.930. The molecule has 0 radical (unpaired) electrons. The van der Waals surface area contributed by atoms with E-state index in [-0.39, 0.29) is 0 Å². The quantitative estimate of drug-likeness (QED) is 0.712. The average Bonchev–Trinajstić information content (AvgIpc) is 2.28. The zero-order valence-corrected chi connectivity index (χ0v) is 10.7. The van der Waals surface area contributed by atoms with Crippen LogP contribution >= 0.6 is 0 Å². The van der Waals surface area contributed by atoms with Crippen molar-refractivity contribution in [1.29, 1.82) is 0 Å². The molecule has 1 aromatic rings. The van der Waals surface area contributed by atoms with E-state index in [1.165, 1.54) is 12.0 Å². The van der Waals surface area contributed by atoms with Crippen LogP contribution in [-0.4, -0.2) is 36.6 Å². The summed E-state index contributed by atoms with van der Waals surface area (Å²) in [6.07, 6.45) is 3.16. The zero-order valence-electron chi connectivity index (χ0n) is 10.7. The largest absolute Gasteiger partial charge is 0.315 e. The van der Waals surface area contributed by atoms with Gasteiger partial charge in [-0.15, -0.1) is 0 Å². The van der Waals surface area contributed by atoms with Gasteiger partial charge in [-0.25, -0.2) is 0 Å². The van der Waals surface area contributed by atoms with E-state index in [9.17, 15) is 0 Å². The van der Waals surface area contributed by atoms with Crippen LogP contribution in [0.1, 0.15) is 24.6 Å². The molecule has 0 aliphatic rings. The standard InChI is InChI=1S/C13H23N3/c1-4-7-14-8-9-16(3)11-13-6-5-12(2)15-10-13/h5-6,10,14H,4,7-9,11H2,1-3H3. The Morgan fingerprint density at radius 1 is 1.31 bits per heavy atom. The summed E-state index contributed by atoms with van der Waals surface area (Å²) < 4.78 is 0. The Morgan fingerprint density at radius 2 is 2.12 bits per heavy atom. The summed E-state index contributed by atoms with van der Waals surface area (Å²) in [6.45, 7) is 8.43. The zero-order chi connectivity index (χ0) is 11.8. The second kappa shape index (κ2) is 7.36. The molecule has 0 spiro atoms. The van der Waals surface area contributed by atoms with Crippen molar-refractivity contribution < 1.29 is 0 Å². The summed E-state index contributed by atoms with van der Waals surface area (Å²) in [5, 5.41) is 3.40. The third kappa shape index (κ3) is 5.24. The van der Waals surface area contributed by atoms with E-state index in [2.05, 4.69) is 41.3 Å². The summed E-state index contributed by atoms with van der Waals surface area (Å²) >= 11 is 0. The van der Waals surface area contributed by atoms with Gasteiger partial charge >= 0.3 is 0 Å². The summed E-state index contributed by atoms with van der Waals surface area (Å²) in [6, 6.07) is 4.22. The molecule has 1 heterocycles. The maximum atomic E-state index is 4.30. The van der Waals surface area contributed by atoms with Gasteiger partial charge in [0.2, 0.25) is 0 Å². The fourth-order valence-corrected chi connectivity index (χ4v) is 1.55. The first kappa shape index (κ1) is 13.1. The van der Waals surface area contributed by atoms with Gasteiger partial charge in [0.1, 0.15) is 0 Å². The van der Waals surface area contributed by atoms with Gasteiger partial charge in [-0.05, 0) is 38.6 Å². The minimum atomic E-state index is 0.973. The molecule has 0 saturated carbocycles. The van der Waals surface area contributed by atoms with Crippen LogP contribution in [0.15, 0.2) is 18.3 Å². The number of nitrogens with one attached hydrogen (secondary N) is 1. The Kier molecular flexibility index (Phi) is 6.04. The molecule has 0 amide bonds. The molecule has 16 heavy (non-hydrogen) atoms. The Balaban J connectivity index is 2.23. The smallest absolute Gasteiger partial charge is 0.0372 e. The molecule has 3 nitrogen and oxygen atoms in total. The molecule has 0 atom stereocenters. The van der Waals surface area contributed by atoms with Gasteiger partial charge < -0.3 is 10.2 Å². The molecule has 1 rings (SSSR count). The van der Waals surface area contributed by atoms with Crippen LogP contribution < -0.4 is 5.32 Å². The number of aromatic nitrogens is 1. The van der Waals surface area contributed by atoms with Gasteiger partial charge in [0, 0.05) is 31.5 Å². The third-order valence-electron chi connectivity index (χ3n) is 2.52. The lowest BCUT2D eigenvalue weighted by Gasteiger charge is -2.16. The molecule has 90 valence electrons. The van der Waals surface area contributed by atoms with Crippen molar-refractivity contribution in [2.24, 2.45) is 0 Å². The lowest BCUT2D eigenvalue weighted by molar-refractivity contribution is 0.324. The number of rotatable bonds is 7. The molecule has 0 fully saturated rings. The van der Waals surface area contributed by atoms with Gasteiger partial charge in [-0.1, -0.05) is 13.0 Å². The predicted octanol–water partition coefficient (Wildman–Crippen LogP) is 1.82. The Morgan fingerprint density at radius 3 is 2.75 bits per heavy atom. The van der Waals surface area contributed by atoms with Crippen LogP contribution in [0.2, 0.25) is 0 Å². The van der Waals surface area contributed by atoms with Gasteiger partial charge in [0.25, 0.3) is 0 Å². The molecular formula is C13H23N3. The van der Waals surface area contributed by atoms with Crippen molar-refractivity contribution >= 4 is 0 Å². The second-order valence-electron chi connectivity index (χ2n) is 4.30. The summed E-state index contributed by atoms with van der Waals surface area (Å²) in [7, 11) is 2.15. The molecule has 0 aliphatic carbocycles. The number of hydrogen-bond acceptors (Lipinski definition) is 3. The number of nitrogens with zero attached hydrogens (tertiary/aromatic N) is 2. The van der Waals surface area contributed by atoms with Gasteiger partial charge in [0.05, 0.1) is 0 Å². The van der Waals surface area contributed by atoms with Gasteiger partial charge in [-0.3, -0.25) is 4.98 Å². The summed E-state index contributed by atoms with van der Waals surface area (Å²) in [4.78, 5) is 6.61. The lowest BCUT2D eigenvalue weighted by Crippen LogP contribution is -2.29. The van der Waals surface area contributed by atoms with Crippen molar-refractivity contribution in [3.63, 3.8) is 0 Å². The monoisotopic (exact) mass is 221 g/mol. The first-order chi connectivity index (χ1) is 7.72. The van der Waals surface area contributed by atoms with Crippen molar-refractivity contribution in [1.82, 2.24) is 15.2 Å². The molecule has 0 bridgehead atoms. The van der Waals surface area contributed by atoms with E-state index in [0.717, 1.165) is 31.9 Å². The normalized spacial score (nSPS) is 11.0. The van der Waals surface area contributed by atoms with Crippen molar-refractivity contribution in [3.05, 3.63) is 29.6 Å². The van der Waals surface area contributed by atoms with Crippen molar-refractivity contribution in [2.45, 2.75) is 26.8 Å². The third-order valence-corrected chi connectivity index (χ3v) is 2.52. The van der Waals surface area contributed by atoms with Crippen molar-refractivity contribution in [2.75, 3.05) is 26.7 Å². The number of aryl methyl sites for hydroxylation is 1. The van der Waals surface area contributed by atoms with Crippen LogP contribution in [-0.2, 0) is 6.54 Å². The van der Waals surface area contributed by atoms with Gasteiger partial charge in [0.15, 0.2) is 0 Å². The highest BCUT2D eigenvalue weighted by Gasteiger charge is 1.99. The fraction of sp³-hybridized carbons (Fsp3) is 0.615. The second-order valence-corrected chi connectivity index (χ2v) is 4.30.